The van der Waals surface area contributed by atoms with E-state index >= 15 is 0 Å². The van der Waals surface area contributed by atoms with Crippen molar-refractivity contribution in [2.45, 2.75) is 6.92 Å². The van der Waals surface area contributed by atoms with E-state index in [1.807, 2.05) is 43.3 Å². The van der Waals surface area contributed by atoms with Gasteiger partial charge >= 0.3 is 0 Å². The number of aryl methyl sites for hydroxylation is 1. The number of benzene rings is 3. The third kappa shape index (κ3) is 3.69. The van der Waals surface area contributed by atoms with E-state index in [4.69, 9.17) is 23.2 Å². The Bertz CT molecular complexity index is 1140. The second-order valence-electron chi connectivity index (χ2n) is 6.09. The zero-order valence-corrected chi connectivity index (χ0v) is 16.6. The van der Waals surface area contributed by atoms with Gasteiger partial charge in [-0.3, -0.25) is 4.79 Å². The largest absolute Gasteiger partial charge is 0.322 e. The van der Waals surface area contributed by atoms with E-state index < -0.39 is 0 Å². The Kier molecular flexibility index (Phi) is 4.87. The van der Waals surface area contributed by atoms with Crippen molar-refractivity contribution < 1.29 is 4.79 Å². The van der Waals surface area contributed by atoms with Gasteiger partial charge in [-0.15, -0.1) is 11.3 Å². The first-order valence-corrected chi connectivity index (χ1v) is 9.81. The minimum Gasteiger partial charge on any atom is -0.322 e. The average Bonchev–Trinajstić information content (AvgIpc) is 3.07. The summed E-state index contributed by atoms with van der Waals surface area (Å²) < 4.78 is 1.15. The van der Waals surface area contributed by atoms with Crippen LogP contribution in [-0.2, 0) is 0 Å². The summed E-state index contributed by atoms with van der Waals surface area (Å²) in [5.74, 6) is -0.271. The van der Waals surface area contributed by atoms with E-state index in [0.717, 1.165) is 32.0 Å². The van der Waals surface area contributed by atoms with Crippen LogP contribution in [0.25, 0.3) is 20.8 Å². The summed E-state index contributed by atoms with van der Waals surface area (Å²) >= 11 is 13.7. The number of thiazole rings is 1. The molecule has 0 radical (unpaired) electrons. The molecule has 6 heteroatoms. The number of nitrogens with zero attached hydrogens (tertiary/aromatic N) is 1. The first-order valence-electron chi connectivity index (χ1n) is 8.24. The molecule has 0 aliphatic rings. The summed E-state index contributed by atoms with van der Waals surface area (Å²) in [5, 5.41) is 4.68. The van der Waals surface area contributed by atoms with Crippen molar-refractivity contribution >= 4 is 56.3 Å². The number of amides is 1. The number of carbonyl (C=O) groups is 1. The van der Waals surface area contributed by atoms with E-state index in [9.17, 15) is 4.79 Å². The van der Waals surface area contributed by atoms with E-state index in [0.29, 0.717) is 15.6 Å². The summed E-state index contributed by atoms with van der Waals surface area (Å²) in [7, 11) is 0. The highest BCUT2D eigenvalue weighted by Crippen LogP contribution is 2.32. The SMILES string of the molecule is Cc1cc(-c2nc3ccccc3s2)ccc1NC(=O)c1ccc(Cl)cc1Cl. The third-order valence-electron chi connectivity index (χ3n) is 4.19. The molecule has 0 atom stereocenters. The maximum Gasteiger partial charge on any atom is 0.257 e. The minimum absolute atomic E-state index is 0.271. The zero-order chi connectivity index (χ0) is 19.0. The Morgan fingerprint density at radius 1 is 1.04 bits per heavy atom. The van der Waals surface area contributed by atoms with Crippen LogP contribution in [0.2, 0.25) is 10.0 Å². The van der Waals surface area contributed by atoms with Crippen molar-refractivity contribution in [3.63, 3.8) is 0 Å². The molecule has 1 heterocycles. The molecule has 4 rings (SSSR count). The van der Waals surface area contributed by atoms with Crippen LogP contribution in [0.15, 0.2) is 60.7 Å². The summed E-state index contributed by atoms with van der Waals surface area (Å²) in [5.41, 5.74) is 4.08. The van der Waals surface area contributed by atoms with Gasteiger partial charge in [-0.25, -0.2) is 4.98 Å². The number of anilines is 1. The molecule has 3 nitrogen and oxygen atoms in total. The quantitative estimate of drug-likeness (QED) is 0.400. The van der Waals surface area contributed by atoms with Crippen LogP contribution >= 0.6 is 34.5 Å². The lowest BCUT2D eigenvalue weighted by molar-refractivity contribution is 0.102. The Morgan fingerprint density at radius 2 is 1.85 bits per heavy atom. The number of nitrogens with one attached hydrogen (secondary N) is 1. The molecular weight excluding hydrogens is 399 g/mol. The Balaban J connectivity index is 1.60. The number of carbonyl (C=O) groups excluding carboxylic acids is 1. The van der Waals surface area contributed by atoms with Crippen molar-refractivity contribution in [2.75, 3.05) is 5.32 Å². The fraction of sp³-hybridized carbons (Fsp3) is 0.0476. The molecule has 0 bridgehead atoms. The molecule has 0 spiro atoms. The lowest BCUT2D eigenvalue weighted by Gasteiger charge is -2.10. The molecule has 0 saturated heterocycles. The third-order valence-corrected chi connectivity index (χ3v) is 5.82. The second kappa shape index (κ2) is 7.31. The highest BCUT2D eigenvalue weighted by Gasteiger charge is 2.13. The molecule has 0 aliphatic heterocycles. The summed E-state index contributed by atoms with van der Waals surface area (Å²) in [6, 6.07) is 18.8. The van der Waals surface area contributed by atoms with Crippen LogP contribution in [0.1, 0.15) is 15.9 Å². The van der Waals surface area contributed by atoms with E-state index in [1.165, 1.54) is 0 Å². The first kappa shape index (κ1) is 18.0. The molecule has 0 aliphatic carbocycles. The highest BCUT2D eigenvalue weighted by molar-refractivity contribution is 7.21. The number of rotatable bonds is 3. The predicted octanol–water partition coefficient (Wildman–Crippen LogP) is 6.83. The minimum atomic E-state index is -0.271. The van der Waals surface area contributed by atoms with E-state index in [2.05, 4.69) is 16.4 Å². The fourth-order valence-corrected chi connectivity index (χ4v) is 4.25. The molecule has 0 fully saturated rings. The van der Waals surface area contributed by atoms with Gasteiger partial charge < -0.3 is 5.32 Å². The van der Waals surface area contributed by atoms with Gasteiger partial charge in [0, 0.05) is 16.3 Å². The van der Waals surface area contributed by atoms with Gasteiger partial charge in [0.25, 0.3) is 5.91 Å². The summed E-state index contributed by atoms with van der Waals surface area (Å²) in [4.78, 5) is 17.2. The van der Waals surface area contributed by atoms with Gasteiger partial charge in [-0.05, 0) is 61.0 Å². The van der Waals surface area contributed by atoms with Crippen LogP contribution in [0.3, 0.4) is 0 Å². The van der Waals surface area contributed by atoms with Crippen molar-refractivity contribution in [3.8, 4) is 10.6 Å². The maximum atomic E-state index is 12.5. The van der Waals surface area contributed by atoms with Crippen molar-refractivity contribution in [2.24, 2.45) is 0 Å². The normalized spacial score (nSPS) is 10.9. The number of halogens is 2. The summed E-state index contributed by atoms with van der Waals surface area (Å²) in [6.07, 6.45) is 0. The highest BCUT2D eigenvalue weighted by atomic mass is 35.5. The van der Waals surface area contributed by atoms with Gasteiger partial charge in [0.2, 0.25) is 0 Å². The molecule has 4 aromatic rings. The number of hydrogen-bond acceptors (Lipinski definition) is 3. The molecule has 1 aromatic heterocycles. The fourth-order valence-electron chi connectivity index (χ4n) is 2.80. The van der Waals surface area contributed by atoms with Gasteiger partial charge in [0.05, 0.1) is 20.8 Å². The number of fused-ring (bicyclic) bond motifs is 1. The van der Waals surface area contributed by atoms with Crippen molar-refractivity contribution in [1.82, 2.24) is 4.98 Å². The van der Waals surface area contributed by atoms with Gasteiger partial charge in [0.1, 0.15) is 5.01 Å². The van der Waals surface area contributed by atoms with Crippen LogP contribution in [0.5, 0.6) is 0 Å². The molecular formula is C21H14Cl2N2OS. The first-order chi connectivity index (χ1) is 13.0. The molecule has 134 valence electrons. The topological polar surface area (TPSA) is 42.0 Å². The molecule has 0 unspecified atom stereocenters. The second-order valence-corrected chi connectivity index (χ2v) is 7.97. The van der Waals surface area contributed by atoms with Crippen LogP contribution in [-0.4, -0.2) is 10.9 Å². The lowest BCUT2D eigenvalue weighted by Crippen LogP contribution is -2.13. The smallest absolute Gasteiger partial charge is 0.257 e. The zero-order valence-electron chi connectivity index (χ0n) is 14.3. The maximum absolute atomic E-state index is 12.5. The molecule has 1 N–H and O–H groups in total. The molecule has 27 heavy (non-hydrogen) atoms. The number of hydrogen-bond donors (Lipinski definition) is 1. The van der Waals surface area contributed by atoms with Gasteiger partial charge in [-0.1, -0.05) is 35.3 Å². The van der Waals surface area contributed by atoms with Crippen LogP contribution in [0.4, 0.5) is 5.69 Å². The van der Waals surface area contributed by atoms with Gasteiger partial charge in [-0.2, -0.15) is 0 Å². The molecule has 1 amide bonds. The van der Waals surface area contributed by atoms with Gasteiger partial charge in [0.15, 0.2) is 0 Å². The monoisotopic (exact) mass is 412 g/mol. The van der Waals surface area contributed by atoms with Crippen molar-refractivity contribution in [3.05, 3.63) is 81.8 Å². The van der Waals surface area contributed by atoms with Crippen LogP contribution < -0.4 is 5.32 Å². The number of para-hydroxylation sites is 1. The Hall–Kier alpha value is -2.40. The van der Waals surface area contributed by atoms with Crippen molar-refractivity contribution in [1.29, 1.82) is 0 Å². The Morgan fingerprint density at radius 3 is 2.59 bits per heavy atom. The van der Waals surface area contributed by atoms with Crippen LogP contribution in [0, 0.1) is 6.92 Å². The Labute approximate surface area is 170 Å². The standard InChI is InChI=1S/C21H14Cl2N2OS/c1-12-10-13(21-25-18-4-2-3-5-19(18)27-21)6-9-17(12)24-20(26)15-8-7-14(22)11-16(15)23/h2-11H,1H3,(H,24,26). The lowest BCUT2D eigenvalue weighted by atomic mass is 10.1. The average molecular weight is 413 g/mol. The summed E-state index contributed by atoms with van der Waals surface area (Å²) in [6.45, 7) is 1.95. The van der Waals surface area contributed by atoms with E-state index in [1.54, 1.807) is 29.5 Å². The molecule has 0 saturated carbocycles. The van der Waals surface area contributed by atoms with E-state index in [-0.39, 0.29) is 5.91 Å². The predicted molar refractivity (Wildman–Crippen MR) is 114 cm³/mol. The number of aromatic nitrogens is 1. The molecule has 3 aromatic carbocycles.